The van der Waals surface area contributed by atoms with Crippen molar-refractivity contribution in [1.82, 2.24) is 10.6 Å². The minimum absolute atomic E-state index is 0.216. The summed E-state index contributed by atoms with van der Waals surface area (Å²) in [6.45, 7) is 0.513. The Kier molecular flexibility index (Phi) is 7.57. The van der Waals surface area contributed by atoms with Crippen LogP contribution >= 0.6 is 7.37 Å². The molecule has 2 heterocycles. The fourth-order valence-electron chi connectivity index (χ4n) is 5.30. The van der Waals surface area contributed by atoms with Crippen LogP contribution in [0.2, 0.25) is 0 Å². The molecular weight excluding hydrogens is 503 g/mol. The predicted molar refractivity (Wildman–Crippen MR) is 154 cm³/mol. The van der Waals surface area contributed by atoms with Gasteiger partial charge < -0.3 is 8.94 Å². The van der Waals surface area contributed by atoms with Crippen LogP contribution in [0.4, 0.5) is 0 Å². The van der Waals surface area contributed by atoms with E-state index in [9.17, 15) is 0 Å². The first-order valence-corrected chi connectivity index (χ1v) is 15.0. The third kappa shape index (κ3) is 5.40. The summed E-state index contributed by atoms with van der Waals surface area (Å²) < 4.78 is 28.4. The number of hydrogen-bond donors (Lipinski definition) is 2. The third-order valence-electron chi connectivity index (χ3n) is 7.20. The van der Waals surface area contributed by atoms with Crippen LogP contribution in [0.15, 0.2) is 144 Å². The van der Waals surface area contributed by atoms with Crippen LogP contribution in [-0.4, -0.2) is 0 Å². The molecular formula is C33H31N2O3P. The largest absolute Gasteiger partial charge is 0.467 e. The first kappa shape index (κ1) is 25.5. The molecule has 4 aromatic carbocycles. The van der Waals surface area contributed by atoms with Crippen LogP contribution < -0.4 is 10.6 Å². The first-order chi connectivity index (χ1) is 19.2. The van der Waals surface area contributed by atoms with E-state index in [0.717, 1.165) is 22.3 Å². The molecule has 39 heavy (non-hydrogen) atoms. The molecule has 0 amide bonds. The van der Waals surface area contributed by atoms with Crippen molar-refractivity contribution >= 4 is 7.37 Å². The smallest absolute Gasteiger partial charge is 0.248 e. The maximum atomic E-state index is 15.5. The van der Waals surface area contributed by atoms with Crippen LogP contribution in [0, 0.1) is 0 Å². The first-order valence-electron chi connectivity index (χ1n) is 13.2. The van der Waals surface area contributed by atoms with Crippen LogP contribution in [0.1, 0.15) is 51.7 Å². The van der Waals surface area contributed by atoms with Crippen molar-refractivity contribution in [1.29, 1.82) is 0 Å². The topological polar surface area (TPSA) is 63.5 Å². The Morgan fingerprint density at radius 2 is 1.26 bits per heavy atom. The quantitative estimate of drug-likeness (QED) is 0.197. The van der Waals surface area contributed by atoms with Gasteiger partial charge >= 0.3 is 0 Å². The molecule has 5 nitrogen and oxygen atoms in total. The van der Waals surface area contributed by atoms with Gasteiger partial charge in [-0.1, -0.05) is 121 Å². The zero-order valence-corrected chi connectivity index (χ0v) is 22.4. The molecule has 0 saturated carbocycles. The molecule has 5 aromatic rings. The van der Waals surface area contributed by atoms with Gasteiger partial charge in [-0.25, -0.2) is 0 Å². The van der Waals surface area contributed by atoms with Gasteiger partial charge in [0.25, 0.3) is 0 Å². The van der Waals surface area contributed by atoms with E-state index in [1.54, 1.807) is 6.26 Å². The predicted octanol–water partition coefficient (Wildman–Crippen LogP) is 8.15. The van der Waals surface area contributed by atoms with Gasteiger partial charge in [-0.3, -0.25) is 15.2 Å². The van der Waals surface area contributed by atoms with Gasteiger partial charge in [-0.15, -0.1) is 0 Å². The van der Waals surface area contributed by atoms with Crippen LogP contribution in [0.5, 0.6) is 0 Å². The maximum Gasteiger partial charge on any atom is 0.248 e. The zero-order valence-electron chi connectivity index (χ0n) is 21.5. The van der Waals surface area contributed by atoms with Crippen molar-refractivity contribution in [3.63, 3.8) is 0 Å². The van der Waals surface area contributed by atoms with Crippen LogP contribution in [0.3, 0.4) is 0 Å². The molecule has 1 fully saturated rings. The lowest BCUT2D eigenvalue weighted by Crippen LogP contribution is -2.40. The standard InChI is InChI=1S/C33H31N2O3P/c36-39(33(29-22-13-23-37-29)34-24-25-14-5-1-6-15-25)32(28-20-11-4-12-21-28)35-30(26-16-7-2-8-17-26)31(38-39)27-18-9-3-10-19-27/h1-23,30-35H,24H2/t30-,31+,32-,33-,39?/m1/s1. The second-order valence-electron chi connectivity index (χ2n) is 9.73. The molecule has 1 saturated heterocycles. The minimum Gasteiger partial charge on any atom is -0.467 e. The van der Waals surface area contributed by atoms with E-state index in [1.165, 1.54) is 0 Å². The highest BCUT2D eigenvalue weighted by atomic mass is 31.2. The Bertz CT molecular complexity index is 1500. The number of rotatable bonds is 8. The monoisotopic (exact) mass is 534 g/mol. The Labute approximate surface area is 229 Å². The molecule has 6 rings (SSSR count). The van der Waals surface area contributed by atoms with Crippen molar-refractivity contribution in [2.75, 3.05) is 0 Å². The summed E-state index contributed by atoms with van der Waals surface area (Å²) in [6.07, 6.45) is 1.14. The van der Waals surface area contributed by atoms with E-state index in [1.807, 2.05) is 109 Å². The molecule has 6 heteroatoms. The fourth-order valence-corrected chi connectivity index (χ4v) is 8.24. The SMILES string of the molecule is O=P1([C@@H](NCc2ccccc2)c2ccco2)O[C@@H](c2ccccc2)[C@@H](c2ccccc2)N[C@H]1c1ccccc1. The molecule has 1 aliphatic heterocycles. The second-order valence-corrected chi connectivity index (χ2v) is 12.3. The number of furan rings is 1. The van der Waals surface area contributed by atoms with Crippen LogP contribution in [-0.2, 0) is 15.6 Å². The molecule has 1 aromatic heterocycles. The minimum atomic E-state index is -3.58. The molecule has 0 bridgehead atoms. The van der Waals surface area contributed by atoms with E-state index >= 15 is 4.57 Å². The van der Waals surface area contributed by atoms with E-state index in [2.05, 4.69) is 34.9 Å². The molecule has 196 valence electrons. The second kappa shape index (κ2) is 11.6. The van der Waals surface area contributed by atoms with Gasteiger partial charge in [0.15, 0.2) is 0 Å². The summed E-state index contributed by atoms with van der Waals surface area (Å²) in [7, 11) is -3.58. The van der Waals surface area contributed by atoms with E-state index in [0.29, 0.717) is 12.3 Å². The summed E-state index contributed by atoms with van der Waals surface area (Å²) in [6, 6.07) is 43.8. The summed E-state index contributed by atoms with van der Waals surface area (Å²) in [5, 5.41) is 7.35. The highest BCUT2D eigenvalue weighted by Crippen LogP contribution is 2.73. The van der Waals surface area contributed by atoms with Gasteiger partial charge in [0, 0.05) is 6.54 Å². The van der Waals surface area contributed by atoms with Gasteiger partial charge in [0.1, 0.15) is 23.4 Å². The van der Waals surface area contributed by atoms with E-state index in [4.69, 9.17) is 8.94 Å². The van der Waals surface area contributed by atoms with Crippen LogP contribution in [0.25, 0.3) is 0 Å². The summed E-state index contributed by atoms with van der Waals surface area (Å²) in [5.74, 6) is -0.655. The molecule has 0 radical (unpaired) electrons. The van der Waals surface area contributed by atoms with Crippen molar-refractivity contribution in [3.05, 3.63) is 168 Å². The number of benzene rings is 4. The zero-order chi connectivity index (χ0) is 26.5. The third-order valence-corrected chi connectivity index (χ3v) is 10.1. The van der Waals surface area contributed by atoms with Gasteiger partial charge in [-0.2, -0.15) is 0 Å². The van der Waals surface area contributed by atoms with Crippen molar-refractivity contribution in [2.24, 2.45) is 0 Å². The summed E-state index contributed by atoms with van der Waals surface area (Å²) in [5.41, 5.74) is 4.03. The molecule has 1 aliphatic rings. The van der Waals surface area contributed by atoms with Gasteiger partial charge in [0.05, 0.1) is 12.3 Å². The lowest BCUT2D eigenvalue weighted by Gasteiger charge is -2.45. The highest BCUT2D eigenvalue weighted by molar-refractivity contribution is 7.59. The van der Waals surface area contributed by atoms with Gasteiger partial charge in [0.2, 0.25) is 7.37 Å². The van der Waals surface area contributed by atoms with Crippen molar-refractivity contribution < 1.29 is 13.5 Å². The summed E-state index contributed by atoms with van der Waals surface area (Å²) >= 11 is 0. The van der Waals surface area contributed by atoms with Crippen molar-refractivity contribution in [3.8, 4) is 0 Å². The fraction of sp³-hybridized carbons (Fsp3) is 0.152. The Hall–Kier alpha value is -3.73. The average Bonchev–Trinajstić information content (AvgIpc) is 3.53. The number of nitrogens with one attached hydrogen (secondary N) is 2. The molecule has 0 spiro atoms. The van der Waals surface area contributed by atoms with Gasteiger partial charge in [-0.05, 0) is 34.4 Å². The lowest BCUT2D eigenvalue weighted by atomic mass is 9.95. The maximum absolute atomic E-state index is 15.5. The number of hydrogen-bond acceptors (Lipinski definition) is 5. The Morgan fingerprint density at radius 1 is 0.692 bits per heavy atom. The molecule has 2 N–H and O–H groups in total. The Morgan fingerprint density at radius 3 is 1.85 bits per heavy atom. The van der Waals surface area contributed by atoms with Crippen molar-refractivity contribution in [2.45, 2.75) is 30.3 Å². The normalized spacial score (nSPS) is 23.7. The van der Waals surface area contributed by atoms with E-state index < -0.39 is 25.0 Å². The van der Waals surface area contributed by atoms with E-state index in [-0.39, 0.29) is 6.04 Å². The molecule has 1 unspecified atom stereocenters. The highest BCUT2D eigenvalue weighted by Gasteiger charge is 2.52. The average molecular weight is 535 g/mol. The molecule has 5 atom stereocenters. The Balaban J connectivity index is 1.47. The lowest BCUT2D eigenvalue weighted by molar-refractivity contribution is 0.116. The summed E-state index contributed by atoms with van der Waals surface area (Å²) in [4.78, 5) is 0. The molecule has 0 aliphatic carbocycles.